The quantitative estimate of drug-likeness (QED) is 0.796. The number of hydrogen-bond acceptors (Lipinski definition) is 5. The molecule has 20 heavy (non-hydrogen) atoms. The Kier molecular flexibility index (Phi) is 4.14. The second-order valence-corrected chi connectivity index (χ2v) is 4.35. The van der Waals surface area contributed by atoms with E-state index in [-0.39, 0.29) is 5.69 Å². The van der Waals surface area contributed by atoms with Gasteiger partial charge in [-0.15, -0.1) is 0 Å². The fourth-order valence-electron chi connectivity index (χ4n) is 1.92. The normalized spacial score (nSPS) is 10.2. The molecule has 0 unspecified atom stereocenters. The van der Waals surface area contributed by atoms with Crippen molar-refractivity contribution >= 4 is 17.4 Å². The largest absolute Gasteiger partial charge is 0.399 e. The van der Waals surface area contributed by atoms with Gasteiger partial charge in [-0.05, 0) is 24.6 Å². The van der Waals surface area contributed by atoms with Crippen molar-refractivity contribution in [3.63, 3.8) is 0 Å². The van der Waals surface area contributed by atoms with Crippen molar-refractivity contribution in [2.75, 3.05) is 17.2 Å². The molecular formula is C14H17N5O. The minimum Gasteiger partial charge on any atom is -0.399 e. The molecule has 2 aromatic rings. The van der Waals surface area contributed by atoms with Gasteiger partial charge in [-0.2, -0.15) is 0 Å². The van der Waals surface area contributed by atoms with Crippen LogP contribution in [0, 0.1) is 0 Å². The fourth-order valence-corrected chi connectivity index (χ4v) is 1.92. The number of nitrogen functional groups attached to an aromatic ring is 1. The van der Waals surface area contributed by atoms with Crippen LogP contribution in [0.2, 0.25) is 0 Å². The van der Waals surface area contributed by atoms with Gasteiger partial charge in [-0.3, -0.25) is 4.79 Å². The lowest BCUT2D eigenvalue weighted by molar-refractivity contribution is 0.0995. The van der Waals surface area contributed by atoms with E-state index in [1.54, 1.807) is 6.20 Å². The molecule has 0 aliphatic rings. The van der Waals surface area contributed by atoms with Gasteiger partial charge in [0.2, 0.25) is 0 Å². The van der Waals surface area contributed by atoms with Crippen molar-refractivity contribution < 1.29 is 4.79 Å². The average Bonchev–Trinajstić information content (AvgIpc) is 2.46. The molecule has 6 nitrogen and oxygen atoms in total. The number of hydrogen-bond donors (Lipinski definition) is 2. The van der Waals surface area contributed by atoms with E-state index in [1.807, 2.05) is 36.1 Å². The van der Waals surface area contributed by atoms with E-state index in [0.717, 1.165) is 5.56 Å². The second kappa shape index (κ2) is 6.01. The standard InChI is InChI=1S/C14H17N5O/c1-2-19(9-10-3-5-11(15)6-4-10)14-12(13(16)20)17-7-8-18-14/h3-8H,2,9,15H2,1H3,(H2,16,20). The Bertz CT molecular complexity index is 597. The molecule has 1 amide bonds. The van der Waals surface area contributed by atoms with Crippen molar-refractivity contribution in [1.82, 2.24) is 9.97 Å². The Hall–Kier alpha value is -2.63. The third kappa shape index (κ3) is 3.03. The Balaban J connectivity index is 2.28. The summed E-state index contributed by atoms with van der Waals surface area (Å²) in [7, 11) is 0. The van der Waals surface area contributed by atoms with Gasteiger partial charge in [-0.1, -0.05) is 12.1 Å². The van der Waals surface area contributed by atoms with Gasteiger partial charge < -0.3 is 16.4 Å². The zero-order valence-electron chi connectivity index (χ0n) is 11.3. The molecule has 4 N–H and O–H groups in total. The first-order chi connectivity index (χ1) is 9.61. The highest BCUT2D eigenvalue weighted by Crippen LogP contribution is 2.18. The number of carbonyl (C=O) groups is 1. The Morgan fingerprint density at radius 3 is 2.45 bits per heavy atom. The molecular weight excluding hydrogens is 254 g/mol. The van der Waals surface area contributed by atoms with E-state index in [9.17, 15) is 4.79 Å². The monoisotopic (exact) mass is 271 g/mol. The Morgan fingerprint density at radius 1 is 1.20 bits per heavy atom. The number of primary amides is 1. The van der Waals surface area contributed by atoms with Crippen molar-refractivity contribution in [2.24, 2.45) is 5.73 Å². The first-order valence-electron chi connectivity index (χ1n) is 6.32. The molecule has 0 radical (unpaired) electrons. The molecule has 2 rings (SSSR count). The molecule has 104 valence electrons. The van der Waals surface area contributed by atoms with Crippen molar-refractivity contribution in [2.45, 2.75) is 13.5 Å². The molecule has 6 heteroatoms. The number of carbonyl (C=O) groups excluding carboxylic acids is 1. The number of anilines is 2. The number of rotatable bonds is 5. The third-order valence-corrected chi connectivity index (χ3v) is 2.95. The first-order valence-corrected chi connectivity index (χ1v) is 6.32. The molecule has 0 bridgehead atoms. The van der Waals surface area contributed by atoms with Crippen LogP contribution in [0.1, 0.15) is 23.0 Å². The van der Waals surface area contributed by atoms with Crippen LogP contribution in [-0.2, 0) is 6.54 Å². The van der Waals surface area contributed by atoms with Crippen LogP contribution < -0.4 is 16.4 Å². The highest BCUT2D eigenvalue weighted by Gasteiger charge is 2.16. The van der Waals surface area contributed by atoms with Gasteiger partial charge in [0.25, 0.3) is 5.91 Å². The van der Waals surface area contributed by atoms with E-state index >= 15 is 0 Å². The molecule has 0 saturated heterocycles. The highest BCUT2D eigenvalue weighted by atomic mass is 16.1. The Morgan fingerprint density at radius 2 is 1.85 bits per heavy atom. The van der Waals surface area contributed by atoms with Crippen molar-refractivity contribution in [3.8, 4) is 0 Å². The van der Waals surface area contributed by atoms with Gasteiger partial charge in [0.15, 0.2) is 11.5 Å². The number of nitrogens with two attached hydrogens (primary N) is 2. The van der Waals surface area contributed by atoms with Crippen LogP contribution in [-0.4, -0.2) is 22.4 Å². The minimum absolute atomic E-state index is 0.185. The molecule has 0 saturated carbocycles. The topological polar surface area (TPSA) is 98.1 Å². The zero-order chi connectivity index (χ0) is 14.5. The third-order valence-electron chi connectivity index (χ3n) is 2.95. The molecule has 0 spiro atoms. The Labute approximate surface area is 117 Å². The smallest absolute Gasteiger partial charge is 0.271 e. The second-order valence-electron chi connectivity index (χ2n) is 4.35. The summed E-state index contributed by atoms with van der Waals surface area (Å²) in [6, 6.07) is 7.57. The minimum atomic E-state index is -0.580. The maximum atomic E-state index is 11.4. The van der Waals surface area contributed by atoms with E-state index in [1.165, 1.54) is 6.20 Å². The van der Waals surface area contributed by atoms with E-state index < -0.39 is 5.91 Å². The summed E-state index contributed by atoms with van der Waals surface area (Å²) in [5.41, 5.74) is 13.0. The molecule has 1 heterocycles. The predicted octanol–water partition coefficient (Wildman–Crippen LogP) is 1.18. The summed E-state index contributed by atoms with van der Waals surface area (Å²) in [4.78, 5) is 21.6. The average molecular weight is 271 g/mol. The van der Waals surface area contributed by atoms with Crippen LogP contribution >= 0.6 is 0 Å². The number of aromatic nitrogens is 2. The molecule has 0 aliphatic carbocycles. The summed E-state index contributed by atoms with van der Waals surface area (Å²) in [6.45, 7) is 3.27. The van der Waals surface area contributed by atoms with Gasteiger partial charge >= 0.3 is 0 Å². The van der Waals surface area contributed by atoms with E-state index in [2.05, 4.69) is 9.97 Å². The van der Waals surface area contributed by atoms with Crippen LogP contribution in [0.4, 0.5) is 11.5 Å². The molecule has 0 fully saturated rings. The van der Waals surface area contributed by atoms with Gasteiger partial charge in [0, 0.05) is 31.2 Å². The van der Waals surface area contributed by atoms with Crippen LogP contribution in [0.15, 0.2) is 36.7 Å². The predicted molar refractivity (Wildman–Crippen MR) is 78.1 cm³/mol. The number of nitrogens with zero attached hydrogens (tertiary/aromatic N) is 3. The van der Waals surface area contributed by atoms with Gasteiger partial charge in [0.1, 0.15) is 0 Å². The maximum Gasteiger partial charge on any atom is 0.271 e. The van der Waals surface area contributed by atoms with E-state index in [4.69, 9.17) is 11.5 Å². The number of amides is 1. The van der Waals surface area contributed by atoms with Crippen LogP contribution in [0.25, 0.3) is 0 Å². The van der Waals surface area contributed by atoms with Crippen LogP contribution in [0.3, 0.4) is 0 Å². The highest BCUT2D eigenvalue weighted by molar-refractivity contribution is 5.95. The summed E-state index contributed by atoms with van der Waals surface area (Å²) < 4.78 is 0. The van der Waals surface area contributed by atoms with Crippen molar-refractivity contribution in [3.05, 3.63) is 47.9 Å². The lowest BCUT2D eigenvalue weighted by atomic mass is 10.2. The van der Waals surface area contributed by atoms with Crippen molar-refractivity contribution in [1.29, 1.82) is 0 Å². The summed E-state index contributed by atoms with van der Waals surface area (Å²) in [5.74, 6) is -0.0804. The van der Waals surface area contributed by atoms with Gasteiger partial charge in [-0.25, -0.2) is 9.97 Å². The molecule has 0 atom stereocenters. The summed E-state index contributed by atoms with van der Waals surface area (Å²) >= 11 is 0. The first kappa shape index (κ1) is 13.8. The molecule has 0 aliphatic heterocycles. The fraction of sp³-hybridized carbons (Fsp3) is 0.214. The van der Waals surface area contributed by atoms with Crippen LogP contribution in [0.5, 0.6) is 0 Å². The van der Waals surface area contributed by atoms with Gasteiger partial charge in [0.05, 0.1) is 0 Å². The SMILES string of the molecule is CCN(Cc1ccc(N)cc1)c1nccnc1C(N)=O. The lowest BCUT2D eigenvalue weighted by Crippen LogP contribution is -2.27. The van der Waals surface area contributed by atoms with E-state index in [0.29, 0.717) is 24.6 Å². The zero-order valence-corrected chi connectivity index (χ0v) is 11.3. The maximum absolute atomic E-state index is 11.4. The number of benzene rings is 1. The molecule has 1 aromatic heterocycles. The summed E-state index contributed by atoms with van der Waals surface area (Å²) in [5, 5.41) is 0. The lowest BCUT2D eigenvalue weighted by Gasteiger charge is -2.23. The summed E-state index contributed by atoms with van der Waals surface area (Å²) in [6.07, 6.45) is 3.01. The molecule has 1 aromatic carbocycles.